The maximum atomic E-state index is 13.0. The molecule has 0 aliphatic carbocycles. The molecule has 0 saturated carbocycles. The van der Waals surface area contributed by atoms with Gasteiger partial charge in [-0.15, -0.1) is 5.10 Å². The van der Waals surface area contributed by atoms with Crippen LogP contribution in [0.25, 0.3) is 6.08 Å². The predicted molar refractivity (Wildman–Crippen MR) is 107 cm³/mol. The first-order valence-electron chi connectivity index (χ1n) is 8.88. The molecule has 2 aromatic carbocycles. The van der Waals surface area contributed by atoms with E-state index in [1.807, 2.05) is 0 Å². The Labute approximate surface area is 172 Å². The molecule has 9 heteroatoms. The van der Waals surface area contributed by atoms with Gasteiger partial charge in [0.2, 0.25) is 11.6 Å². The number of rotatable bonds is 8. The fraction of sp³-hybridized carbons (Fsp3) is 0.190. The highest BCUT2D eigenvalue weighted by Gasteiger charge is 2.13. The largest absolute Gasteiger partial charge is 0.493 e. The minimum absolute atomic E-state index is 0.0355. The fourth-order valence-corrected chi connectivity index (χ4v) is 2.67. The number of hydrogen-bond acceptors (Lipinski definition) is 7. The minimum atomic E-state index is -0.458. The van der Waals surface area contributed by atoms with E-state index in [1.165, 1.54) is 39.5 Å². The topological polar surface area (TPSA) is 95.7 Å². The number of benzene rings is 2. The average molecular weight is 413 g/mol. The van der Waals surface area contributed by atoms with Gasteiger partial charge < -0.3 is 18.6 Å². The SMILES string of the molecule is COc1cc(/C=C/C(=O)Nc2nnc(Cc3ccc(F)cc3)o2)cc(OC)c1OC. The van der Waals surface area contributed by atoms with Gasteiger partial charge in [0.25, 0.3) is 5.91 Å². The van der Waals surface area contributed by atoms with Crippen molar-refractivity contribution in [1.29, 1.82) is 0 Å². The van der Waals surface area contributed by atoms with E-state index in [2.05, 4.69) is 15.5 Å². The Hall–Kier alpha value is -3.88. The minimum Gasteiger partial charge on any atom is -0.493 e. The zero-order valence-electron chi connectivity index (χ0n) is 16.6. The molecular formula is C21H20FN3O5. The molecule has 1 aromatic heterocycles. The zero-order valence-corrected chi connectivity index (χ0v) is 16.6. The summed E-state index contributed by atoms with van der Waals surface area (Å²) < 4.78 is 34.2. The zero-order chi connectivity index (χ0) is 21.5. The molecule has 0 aliphatic heterocycles. The molecule has 156 valence electrons. The highest BCUT2D eigenvalue weighted by atomic mass is 19.1. The number of anilines is 1. The highest BCUT2D eigenvalue weighted by molar-refractivity contribution is 6.00. The van der Waals surface area contributed by atoms with E-state index in [4.69, 9.17) is 18.6 Å². The van der Waals surface area contributed by atoms with Crippen molar-refractivity contribution in [3.63, 3.8) is 0 Å². The van der Waals surface area contributed by atoms with Gasteiger partial charge in [-0.05, 0) is 41.5 Å². The van der Waals surface area contributed by atoms with Gasteiger partial charge in [0, 0.05) is 6.08 Å². The smallest absolute Gasteiger partial charge is 0.322 e. The number of nitrogens with one attached hydrogen (secondary N) is 1. The molecule has 8 nitrogen and oxygen atoms in total. The van der Waals surface area contributed by atoms with Gasteiger partial charge in [-0.25, -0.2) is 4.39 Å². The molecule has 0 aliphatic rings. The van der Waals surface area contributed by atoms with E-state index >= 15 is 0 Å². The van der Waals surface area contributed by atoms with Gasteiger partial charge in [-0.1, -0.05) is 17.2 Å². The van der Waals surface area contributed by atoms with E-state index < -0.39 is 5.91 Å². The van der Waals surface area contributed by atoms with E-state index in [-0.39, 0.29) is 11.8 Å². The van der Waals surface area contributed by atoms with Crippen molar-refractivity contribution in [2.24, 2.45) is 0 Å². The molecule has 30 heavy (non-hydrogen) atoms. The second-order valence-corrected chi connectivity index (χ2v) is 6.09. The summed E-state index contributed by atoms with van der Waals surface area (Å²) in [5, 5.41) is 10.2. The second-order valence-electron chi connectivity index (χ2n) is 6.09. The number of methoxy groups -OCH3 is 3. The van der Waals surface area contributed by atoms with Crippen LogP contribution in [0.1, 0.15) is 17.0 Å². The number of halogens is 1. The van der Waals surface area contributed by atoms with Crippen molar-refractivity contribution in [2.45, 2.75) is 6.42 Å². The van der Waals surface area contributed by atoms with Crippen LogP contribution >= 0.6 is 0 Å². The van der Waals surface area contributed by atoms with Crippen LogP contribution in [0, 0.1) is 5.82 Å². The third kappa shape index (κ3) is 5.13. The standard InChI is InChI=1S/C21H20FN3O5/c1-27-16-10-14(11-17(28-2)20(16)29-3)6-9-18(26)23-21-25-24-19(30-21)12-13-4-7-15(22)8-5-13/h4-11H,12H2,1-3H3,(H,23,25,26)/b9-6+. The van der Waals surface area contributed by atoms with E-state index in [0.717, 1.165) is 5.56 Å². The van der Waals surface area contributed by atoms with Gasteiger partial charge >= 0.3 is 6.01 Å². The summed E-state index contributed by atoms with van der Waals surface area (Å²) in [5.74, 6) is 0.919. The number of ether oxygens (including phenoxy) is 3. The molecule has 1 heterocycles. The first kappa shape index (κ1) is 20.8. The third-order valence-corrected chi connectivity index (χ3v) is 4.08. The number of carbonyl (C=O) groups is 1. The van der Waals surface area contributed by atoms with Gasteiger partial charge in [0.15, 0.2) is 11.5 Å². The lowest BCUT2D eigenvalue weighted by Crippen LogP contribution is -2.07. The van der Waals surface area contributed by atoms with Crippen LogP contribution in [0.4, 0.5) is 10.4 Å². The lowest BCUT2D eigenvalue weighted by Gasteiger charge is -2.12. The van der Waals surface area contributed by atoms with Crippen molar-refractivity contribution in [2.75, 3.05) is 26.6 Å². The number of nitrogens with zero attached hydrogens (tertiary/aromatic N) is 2. The van der Waals surface area contributed by atoms with Crippen LogP contribution in [0.15, 0.2) is 46.9 Å². The van der Waals surface area contributed by atoms with Crippen LogP contribution < -0.4 is 19.5 Å². The predicted octanol–water partition coefficient (Wildman–Crippen LogP) is 3.48. The van der Waals surface area contributed by atoms with Crippen molar-refractivity contribution in [1.82, 2.24) is 10.2 Å². The van der Waals surface area contributed by atoms with Crippen LogP contribution in [-0.4, -0.2) is 37.4 Å². The van der Waals surface area contributed by atoms with Gasteiger partial charge in [0.05, 0.1) is 27.8 Å². The van der Waals surface area contributed by atoms with Gasteiger partial charge in [0.1, 0.15) is 5.82 Å². The molecule has 1 amide bonds. The number of aromatic nitrogens is 2. The Morgan fingerprint density at radius 1 is 1.07 bits per heavy atom. The Morgan fingerprint density at radius 3 is 2.33 bits per heavy atom. The van der Waals surface area contributed by atoms with Gasteiger partial charge in [-0.2, -0.15) is 0 Å². The highest BCUT2D eigenvalue weighted by Crippen LogP contribution is 2.38. The van der Waals surface area contributed by atoms with Crippen molar-refractivity contribution in [3.8, 4) is 17.2 Å². The lowest BCUT2D eigenvalue weighted by molar-refractivity contribution is -0.112. The number of amides is 1. The molecule has 0 atom stereocenters. The lowest BCUT2D eigenvalue weighted by atomic mass is 10.1. The summed E-state index contributed by atoms with van der Waals surface area (Å²) in [6.07, 6.45) is 3.21. The summed E-state index contributed by atoms with van der Waals surface area (Å²) in [5.41, 5.74) is 1.47. The monoisotopic (exact) mass is 413 g/mol. The molecular weight excluding hydrogens is 393 g/mol. The van der Waals surface area contributed by atoms with Crippen molar-refractivity contribution < 1.29 is 27.8 Å². The molecule has 3 rings (SSSR count). The van der Waals surface area contributed by atoms with E-state index in [9.17, 15) is 9.18 Å². The molecule has 0 radical (unpaired) electrons. The van der Waals surface area contributed by atoms with Crippen LogP contribution in [0.2, 0.25) is 0 Å². The summed E-state index contributed by atoms with van der Waals surface area (Å²) in [6.45, 7) is 0. The second kappa shape index (κ2) is 9.55. The molecule has 0 saturated heterocycles. The summed E-state index contributed by atoms with van der Waals surface area (Å²) in [7, 11) is 4.53. The summed E-state index contributed by atoms with van der Waals surface area (Å²) in [4.78, 5) is 12.2. The fourth-order valence-electron chi connectivity index (χ4n) is 2.67. The Kier molecular flexibility index (Phi) is 6.63. The third-order valence-electron chi connectivity index (χ3n) is 4.08. The number of hydrogen-bond donors (Lipinski definition) is 1. The normalized spacial score (nSPS) is 10.8. The molecule has 0 fully saturated rings. The number of carbonyl (C=O) groups excluding carboxylic acids is 1. The average Bonchev–Trinajstić information content (AvgIpc) is 3.19. The molecule has 1 N–H and O–H groups in total. The maximum Gasteiger partial charge on any atom is 0.322 e. The van der Waals surface area contributed by atoms with Crippen molar-refractivity contribution >= 4 is 18.0 Å². The van der Waals surface area contributed by atoms with Gasteiger partial charge in [-0.3, -0.25) is 10.1 Å². The molecule has 0 spiro atoms. The van der Waals surface area contributed by atoms with E-state index in [1.54, 1.807) is 30.3 Å². The molecule has 0 unspecified atom stereocenters. The Morgan fingerprint density at radius 2 is 1.73 bits per heavy atom. The van der Waals surface area contributed by atoms with E-state index in [0.29, 0.717) is 35.1 Å². The Bertz CT molecular complexity index is 1020. The molecule has 3 aromatic rings. The summed E-state index contributed by atoms with van der Waals surface area (Å²) >= 11 is 0. The summed E-state index contributed by atoms with van der Waals surface area (Å²) in [6, 6.07) is 9.32. The van der Waals surface area contributed by atoms with Crippen molar-refractivity contribution in [3.05, 3.63) is 65.3 Å². The first-order chi connectivity index (χ1) is 14.5. The first-order valence-corrected chi connectivity index (χ1v) is 8.88. The van der Waals surface area contributed by atoms with Crippen LogP contribution in [0.3, 0.4) is 0 Å². The van der Waals surface area contributed by atoms with Crippen LogP contribution in [-0.2, 0) is 11.2 Å². The quantitative estimate of drug-likeness (QED) is 0.565. The Balaban J connectivity index is 1.65. The van der Waals surface area contributed by atoms with Crippen LogP contribution in [0.5, 0.6) is 17.2 Å². The maximum absolute atomic E-state index is 13.0. The molecule has 0 bridgehead atoms.